The minimum Gasteiger partial charge on any atom is -0.497 e. The van der Waals surface area contributed by atoms with Crippen LogP contribution in [0.1, 0.15) is 58.9 Å². The summed E-state index contributed by atoms with van der Waals surface area (Å²) in [5, 5.41) is 4.14. The fourth-order valence-corrected chi connectivity index (χ4v) is 5.34. The average molecular weight is 527 g/mol. The first-order chi connectivity index (χ1) is 17.4. The molecule has 1 fully saturated rings. The molecule has 2 heterocycles. The molecule has 0 bridgehead atoms. The van der Waals surface area contributed by atoms with Crippen molar-refractivity contribution in [1.29, 1.82) is 0 Å². The second kappa shape index (κ2) is 10.5. The number of aromatic nitrogens is 2. The third-order valence-corrected chi connectivity index (χ3v) is 7.76. The molecule has 1 aromatic heterocycles. The summed E-state index contributed by atoms with van der Waals surface area (Å²) in [6, 6.07) is 12.8. The molecule has 7 nitrogen and oxygen atoms in total. The van der Waals surface area contributed by atoms with E-state index in [9.17, 15) is 9.59 Å². The Morgan fingerprint density at radius 2 is 1.86 bits per heavy atom. The summed E-state index contributed by atoms with van der Waals surface area (Å²) in [4.78, 5) is 33.5. The molecule has 0 saturated heterocycles. The summed E-state index contributed by atoms with van der Waals surface area (Å²) in [5.41, 5.74) is 2.87. The molecule has 1 aliphatic carbocycles. The molecule has 1 aliphatic heterocycles. The smallest absolute Gasteiger partial charge is 0.258 e. The molecule has 0 spiro atoms. The highest BCUT2D eigenvalue weighted by Crippen LogP contribution is 2.32. The number of hydrogen-bond acceptors (Lipinski definition) is 5. The van der Waals surface area contributed by atoms with Gasteiger partial charge in [-0.25, -0.2) is 4.98 Å². The SMILES string of the molecule is COc1ccc(CNc2nc3c(c(=O)n2C2CCCC2)CCN(C(=O)c2ccc(Cl)c(Cl)c2)C3)cc1. The van der Waals surface area contributed by atoms with E-state index in [-0.39, 0.29) is 24.1 Å². The maximum atomic E-state index is 13.7. The third kappa shape index (κ3) is 4.95. The second-order valence-electron chi connectivity index (χ2n) is 9.28. The standard InChI is InChI=1S/C27H28Cl2N4O3/c1-36-20-9-6-17(7-10-20)15-30-27-31-24-16-32(25(34)18-8-11-22(28)23(29)14-18)13-12-21(24)26(35)33(27)19-4-2-3-5-19/h6-11,14,19H,2-5,12-13,15-16H2,1H3,(H,30,31). The Kier molecular flexibility index (Phi) is 7.21. The van der Waals surface area contributed by atoms with E-state index in [0.29, 0.717) is 52.3 Å². The van der Waals surface area contributed by atoms with Gasteiger partial charge in [0.25, 0.3) is 11.5 Å². The molecule has 0 unspecified atom stereocenters. The van der Waals surface area contributed by atoms with E-state index in [1.54, 1.807) is 30.2 Å². The number of rotatable bonds is 6. The monoisotopic (exact) mass is 526 g/mol. The summed E-state index contributed by atoms with van der Waals surface area (Å²) in [6.07, 6.45) is 4.63. The number of ether oxygens (including phenoxy) is 1. The number of fused-ring (bicyclic) bond motifs is 1. The largest absolute Gasteiger partial charge is 0.497 e. The number of anilines is 1. The molecule has 2 aliphatic rings. The van der Waals surface area contributed by atoms with Gasteiger partial charge < -0.3 is 15.0 Å². The molecular formula is C27H28Cl2N4O3. The Hall–Kier alpha value is -3.03. The first-order valence-corrected chi connectivity index (χ1v) is 13.0. The molecule has 188 valence electrons. The van der Waals surface area contributed by atoms with Gasteiger partial charge in [-0.2, -0.15) is 0 Å². The lowest BCUT2D eigenvalue weighted by molar-refractivity contribution is 0.0731. The van der Waals surface area contributed by atoms with Crippen LogP contribution in [0.5, 0.6) is 5.75 Å². The molecule has 0 atom stereocenters. The fourth-order valence-electron chi connectivity index (χ4n) is 5.04. The van der Waals surface area contributed by atoms with Gasteiger partial charge in [0.15, 0.2) is 0 Å². The lowest BCUT2D eigenvalue weighted by Crippen LogP contribution is -2.41. The highest BCUT2D eigenvalue weighted by molar-refractivity contribution is 6.42. The quantitative estimate of drug-likeness (QED) is 0.459. The van der Waals surface area contributed by atoms with Gasteiger partial charge in [-0.3, -0.25) is 14.2 Å². The summed E-state index contributed by atoms with van der Waals surface area (Å²) in [7, 11) is 1.64. The van der Waals surface area contributed by atoms with E-state index in [4.69, 9.17) is 32.9 Å². The van der Waals surface area contributed by atoms with Crippen LogP contribution in [0.15, 0.2) is 47.3 Å². The molecule has 5 rings (SSSR count). The zero-order valence-corrected chi connectivity index (χ0v) is 21.6. The van der Waals surface area contributed by atoms with Crippen LogP contribution in [0.3, 0.4) is 0 Å². The van der Waals surface area contributed by atoms with Crippen LogP contribution in [0.25, 0.3) is 0 Å². The number of carbonyl (C=O) groups excluding carboxylic acids is 1. The second-order valence-corrected chi connectivity index (χ2v) is 10.1. The van der Waals surface area contributed by atoms with Crippen molar-refractivity contribution in [1.82, 2.24) is 14.5 Å². The summed E-state index contributed by atoms with van der Waals surface area (Å²) < 4.78 is 7.10. The fraction of sp³-hybridized carbons (Fsp3) is 0.370. The van der Waals surface area contributed by atoms with Crippen LogP contribution in [0.2, 0.25) is 10.0 Å². The molecular weight excluding hydrogens is 499 g/mol. The highest BCUT2D eigenvalue weighted by atomic mass is 35.5. The lowest BCUT2D eigenvalue weighted by Gasteiger charge is -2.30. The number of hydrogen-bond donors (Lipinski definition) is 1. The topological polar surface area (TPSA) is 76.5 Å². The first-order valence-electron chi connectivity index (χ1n) is 12.2. The summed E-state index contributed by atoms with van der Waals surface area (Å²) >= 11 is 12.1. The van der Waals surface area contributed by atoms with E-state index in [1.165, 1.54) is 0 Å². The predicted octanol–water partition coefficient (Wildman–Crippen LogP) is 5.48. The number of amides is 1. The number of carbonyl (C=O) groups is 1. The summed E-state index contributed by atoms with van der Waals surface area (Å²) in [6.45, 7) is 1.24. The molecule has 1 amide bonds. The molecule has 36 heavy (non-hydrogen) atoms. The van der Waals surface area contributed by atoms with E-state index in [2.05, 4.69) is 5.32 Å². The van der Waals surface area contributed by atoms with Crippen molar-refractivity contribution in [3.8, 4) is 5.75 Å². The minimum absolute atomic E-state index is 0.00534. The Morgan fingerprint density at radius 3 is 2.56 bits per heavy atom. The van der Waals surface area contributed by atoms with E-state index in [0.717, 1.165) is 37.0 Å². The lowest BCUT2D eigenvalue weighted by atomic mass is 10.0. The van der Waals surface area contributed by atoms with Crippen LogP contribution < -0.4 is 15.6 Å². The zero-order chi connectivity index (χ0) is 25.2. The van der Waals surface area contributed by atoms with Gasteiger partial charge in [0.2, 0.25) is 5.95 Å². The van der Waals surface area contributed by atoms with E-state index >= 15 is 0 Å². The average Bonchev–Trinajstić information content (AvgIpc) is 3.43. The first kappa shape index (κ1) is 24.7. The van der Waals surface area contributed by atoms with Gasteiger partial charge in [0.05, 0.1) is 29.4 Å². The zero-order valence-electron chi connectivity index (χ0n) is 20.1. The number of benzene rings is 2. The van der Waals surface area contributed by atoms with Gasteiger partial charge in [-0.15, -0.1) is 0 Å². The highest BCUT2D eigenvalue weighted by Gasteiger charge is 2.29. The van der Waals surface area contributed by atoms with Crippen LogP contribution in [-0.2, 0) is 19.5 Å². The van der Waals surface area contributed by atoms with Crippen LogP contribution in [0, 0.1) is 0 Å². The van der Waals surface area contributed by atoms with E-state index in [1.807, 2.05) is 28.8 Å². The number of nitrogens with one attached hydrogen (secondary N) is 1. The van der Waals surface area contributed by atoms with Gasteiger partial charge in [0, 0.05) is 30.3 Å². The Bertz CT molecular complexity index is 1330. The Labute approximate surface area is 220 Å². The number of halogens is 2. The van der Waals surface area contributed by atoms with Crippen molar-refractivity contribution in [3.63, 3.8) is 0 Å². The molecule has 1 saturated carbocycles. The molecule has 9 heteroatoms. The minimum atomic E-state index is -0.159. The van der Waals surface area contributed by atoms with Crippen molar-refractivity contribution in [2.24, 2.45) is 0 Å². The van der Waals surface area contributed by atoms with Crippen LogP contribution in [-0.4, -0.2) is 34.0 Å². The van der Waals surface area contributed by atoms with Crippen LogP contribution in [0.4, 0.5) is 5.95 Å². The maximum absolute atomic E-state index is 13.7. The molecule has 2 aromatic carbocycles. The predicted molar refractivity (Wildman–Crippen MR) is 141 cm³/mol. The van der Waals surface area contributed by atoms with Gasteiger partial charge in [-0.05, 0) is 55.2 Å². The van der Waals surface area contributed by atoms with E-state index < -0.39 is 0 Å². The van der Waals surface area contributed by atoms with Crippen molar-refractivity contribution in [2.75, 3.05) is 19.0 Å². The Morgan fingerprint density at radius 1 is 1.11 bits per heavy atom. The summed E-state index contributed by atoms with van der Waals surface area (Å²) in [5.74, 6) is 1.19. The van der Waals surface area contributed by atoms with Gasteiger partial charge in [0.1, 0.15) is 5.75 Å². The van der Waals surface area contributed by atoms with Crippen molar-refractivity contribution < 1.29 is 9.53 Å². The maximum Gasteiger partial charge on any atom is 0.258 e. The molecule has 0 radical (unpaired) electrons. The van der Waals surface area contributed by atoms with Gasteiger partial charge >= 0.3 is 0 Å². The Balaban J connectivity index is 1.44. The molecule has 3 aromatic rings. The van der Waals surface area contributed by atoms with Crippen molar-refractivity contribution in [2.45, 2.75) is 51.2 Å². The van der Waals surface area contributed by atoms with Crippen molar-refractivity contribution in [3.05, 3.63) is 85.2 Å². The van der Waals surface area contributed by atoms with Crippen LogP contribution >= 0.6 is 23.2 Å². The molecule has 1 N–H and O–H groups in total. The van der Waals surface area contributed by atoms with Crippen molar-refractivity contribution >= 4 is 35.1 Å². The third-order valence-electron chi connectivity index (χ3n) is 7.02. The number of methoxy groups -OCH3 is 1. The number of nitrogens with zero attached hydrogens (tertiary/aromatic N) is 3. The van der Waals surface area contributed by atoms with Gasteiger partial charge in [-0.1, -0.05) is 48.2 Å². The normalized spacial score (nSPS) is 15.6.